The van der Waals surface area contributed by atoms with Gasteiger partial charge in [0.25, 0.3) is 0 Å². The van der Waals surface area contributed by atoms with Crippen LogP contribution in [-0.4, -0.2) is 66.5 Å². The Morgan fingerprint density at radius 2 is 1.89 bits per heavy atom. The Kier molecular flexibility index (Phi) is 6.94. The lowest BCUT2D eigenvalue weighted by molar-refractivity contribution is -0.120. The van der Waals surface area contributed by atoms with Gasteiger partial charge in [-0.25, -0.2) is 14.2 Å². The highest BCUT2D eigenvalue weighted by molar-refractivity contribution is 7.13. The fourth-order valence-corrected chi connectivity index (χ4v) is 3.55. The molecule has 2 N–H and O–H groups in total. The first kappa shape index (κ1) is 20.2. The van der Waals surface area contributed by atoms with Crippen molar-refractivity contribution in [1.29, 1.82) is 0 Å². The van der Waals surface area contributed by atoms with Crippen LogP contribution in [0.3, 0.4) is 0 Å². The number of thiazole rings is 1. The van der Waals surface area contributed by atoms with Crippen LogP contribution in [-0.2, 0) is 17.6 Å². The average Bonchev–Trinajstić information content (AvgIpc) is 3.10. The Labute approximate surface area is 167 Å². The third-order valence-corrected chi connectivity index (χ3v) is 5.35. The van der Waals surface area contributed by atoms with Crippen LogP contribution in [0.2, 0.25) is 0 Å². The summed E-state index contributed by atoms with van der Waals surface area (Å²) in [6, 6.07) is 6.07. The summed E-state index contributed by atoms with van der Waals surface area (Å²) in [5.74, 6) is -0.406. The molecule has 1 aliphatic heterocycles. The molecular formula is C19H24FN5O2S. The van der Waals surface area contributed by atoms with E-state index in [0.717, 1.165) is 18.7 Å². The number of likely N-dealkylation sites (N-methyl/N-ethyl adjacent to an activating group) is 1. The maximum Gasteiger partial charge on any atom is 0.323 e. The number of nitrogens with one attached hydrogen (secondary N) is 2. The van der Waals surface area contributed by atoms with Crippen LogP contribution >= 0.6 is 11.3 Å². The number of piperazine rings is 1. The second kappa shape index (κ2) is 9.61. The molecule has 0 bridgehead atoms. The van der Waals surface area contributed by atoms with Gasteiger partial charge < -0.3 is 15.1 Å². The second-order valence-electron chi connectivity index (χ2n) is 6.77. The molecule has 3 amide bonds. The van der Waals surface area contributed by atoms with E-state index in [4.69, 9.17) is 0 Å². The number of carbonyl (C=O) groups is 2. The summed E-state index contributed by atoms with van der Waals surface area (Å²) >= 11 is 1.31. The van der Waals surface area contributed by atoms with Crippen molar-refractivity contribution < 1.29 is 14.0 Å². The van der Waals surface area contributed by atoms with Crippen molar-refractivity contribution in [3.05, 3.63) is 46.7 Å². The highest BCUT2D eigenvalue weighted by atomic mass is 32.1. The number of hydrogen-bond donors (Lipinski definition) is 2. The molecule has 0 saturated carbocycles. The summed E-state index contributed by atoms with van der Waals surface area (Å²) in [6.45, 7) is 3.57. The molecule has 7 nitrogen and oxygen atoms in total. The molecule has 2 heterocycles. The number of urea groups is 1. The van der Waals surface area contributed by atoms with Crippen molar-refractivity contribution in [2.24, 2.45) is 0 Å². The lowest BCUT2D eigenvalue weighted by atomic mass is 10.1. The molecule has 0 aliphatic carbocycles. The largest absolute Gasteiger partial charge is 0.355 e. The van der Waals surface area contributed by atoms with E-state index in [-0.39, 0.29) is 24.2 Å². The first-order valence-electron chi connectivity index (χ1n) is 9.19. The van der Waals surface area contributed by atoms with Gasteiger partial charge in [0.15, 0.2) is 5.13 Å². The van der Waals surface area contributed by atoms with Gasteiger partial charge in [0.2, 0.25) is 5.91 Å². The number of benzene rings is 1. The van der Waals surface area contributed by atoms with E-state index in [9.17, 15) is 14.0 Å². The maximum atomic E-state index is 12.9. The van der Waals surface area contributed by atoms with Crippen LogP contribution in [0.1, 0.15) is 11.3 Å². The van der Waals surface area contributed by atoms with Gasteiger partial charge in [-0.2, -0.15) is 0 Å². The van der Waals surface area contributed by atoms with Gasteiger partial charge >= 0.3 is 6.03 Å². The molecule has 0 atom stereocenters. The molecule has 0 unspecified atom stereocenters. The van der Waals surface area contributed by atoms with Crippen molar-refractivity contribution >= 4 is 28.4 Å². The average molecular weight is 405 g/mol. The molecule has 1 saturated heterocycles. The zero-order valence-corrected chi connectivity index (χ0v) is 16.6. The molecule has 9 heteroatoms. The fraction of sp³-hybridized carbons (Fsp3) is 0.421. The van der Waals surface area contributed by atoms with E-state index in [0.29, 0.717) is 36.9 Å². The number of aromatic nitrogens is 1. The highest BCUT2D eigenvalue weighted by Crippen LogP contribution is 2.17. The molecule has 3 rings (SSSR count). The Balaban J connectivity index is 1.40. The number of hydrogen-bond acceptors (Lipinski definition) is 5. The van der Waals surface area contributed by atoms with Crippen LogP contribution in [0.4, 0.5) is 14.3 Å². The Hall–Kier alpha value is -2.52. The number of amides is 3. The van der Waals surface area contributed by atoms with Gasteiger partial charge in [0.1, 0.15) is 5.82 Å². The first-order chi connectivity index (χ1) is 13.5. The van der Waals surface area contributed by atoms with Gasteiger partial charge in [-0.15, -0.1) is 11.3 Å². The lowest BCUT2D eigenvalue weighted by Gasteiger charge is -2.32. The summed E-state index contributed by atoms with van der Waals surface area (Å²) in [4.78, 5) is 32.6. The zero-order valence-electron chi connectivity index (χ0n) is 15.8. The zero-order chi connectivity index (χ0) is 19.9. The first-order valence-corrected chi connectivity index (χ1v) is 10.1. The van der Waals surface area contributed by atoms with E-state index in [1.54, 1.807) is 22.4 Å². The van der Waals surface area contributed by atoms with Crippen molar-refractivity contribution in [3.63, 3.8) is 0 Å². The Morgan fingerprint density at radius 1 is 1.18 bits per heavy atom. The minimum atomic E-state index is -0.271. The van der Waals surface area contributed by atoms with E-state index >= 15 is 0 Å². The molecule has 28 heavy (non-hydrogen) atoms. The number of carbonyl (C=O) groups excluding carboxylic acids is 2. The number of halogens is 1. The van der Waals surface area contributed by atoms with E-state index < -0.39 is 0 Å². The minimum absolute atomic E-state index is 0.135. The Morgan fingerprint density at radius 3 is 2.61 bits per heavy atom. The van der Waals surface area contributed by atoms with E-state index in [1.807, 2.05) is 7.05 Å². The van der Waals surface area contributed by atoms with Crippen molar-refractivity contribution in [2.45, 2.75) is 12.8 Å². The number of nitrogens with zero attached hydrogens (tertiary/aromatic N) is 3. The summed E-state index contributed by atoms with van der Waals surface area (Å²) in [7, 11) is 2.03. The molecule has 1 fully saturated rings. The quantitative estimate of drug-likeness (QED) is 0.770. The van der Waals surface area contributed by atoms with Gasteiger partial charge in [-0.05, 0) is 31.2 Å². The van der Waals surface area contributed by atoms with Gasteiger partial charge in [0.05, 0.1) is 12.1 Å². The standard InChI is InChI=1S/C19H24FN5O2S/c1-24-8-10-25(11-9-24)19(27)23-18-22-16(13-28-18)12-17(26)21-7-6-14-2-4-15(20)5-3-14/h2-5,13H,6-12H2,1H3,(H,21,26)(H,22,23,27). The van der Waals surface area contributed by atoms with Crippen molar-refractivity contribution in [1.82, 2.24) is 20.1 Å². The van der Waals surface area contributed by atoms with E-state index in [1.165, 1.54) is 23.5 Å². The van der Waals surface area contributed by atoms with E-state index in [2.05, 4.69) is 20.5 Å². The van der Waals surface area contributed by atoms with Crippen LogP contribution in [0.15, 0.2) is 29.6 Å². The van der Waals surface area contributed by atoms with Crippen LogP contribution < -0.4 is 10.6 Å². The molecule has 2 aromatic rings. The van der Waals surface area contributed by atoms with Crippen LogP contribution in [0.25, 0.3) is 0 Å². The third-order valence-electron chi connectivity index (χ3n) is 4.55. The van der Waals surface area contributed by atoms with Crippen LogP contribution in [0, 0.1) is 5.82 Å². The molecule has 1 aromatic carbocycles. The predicted molar refractivity (Wildman–Crippen MR) is 107 cm³/mol. The summed E-state index contributed by atoms with van der Waals surface area (Å²) < 4.78 is 12.9. The summed E-state index contributed by atoms with van der Waals surface area (Å²) in [6.07, 6.45) is 0.791. The molecular weight excluding hydrogens is 381 g/mol. The minimum Gasteiger partial charge on any atom is -0.355 e. The summed E-state index contributed by atoms with van der Waals surface area (Å²) in [5.41, 5.74) is 1.59. The second-order valence-corrected chi connectivity index (χ2v) is 7.63. The molecule has 1 aliphatic rings. The van der Waals surface area contributed by atoms with Crippen molar-refractivity contribution in [2.75, 3.05) is 45.1 Å². The maximum absolute atomic E-state index is 12.9. The molecule has 1 aromatic heterocycles. The number of rotatable bonds is 6. The molecule has 0 radical (unpaired) electrons. The lowest BCUT2D eigenvalue weighted by Crippen LogP contribution is -2.48. The van der Waals surface area contributed by atoms with Crippen LogP contribution in [0.5, 0.6) is 0 Å². The Bertz CT molecular complexity index is 803. The van der Waals surface area contributed by atoms with Crippen molar-refractivity contribution in [3.8, 4) is 0 Å². The topological polar surface area (TPSA) is 77.6 Å². The molecule has 150 valence electrons. The smallest absolute Gasteiger partial charge is 0.323 e. The van der Waals surface area contributed by atoms with Gasteiger partial charge in [-0.3, -0.25) is 10.1 Å². The predicted octanol–water partition coefficient (Wildman–Crippen LogP) is 1.96. The normalized spacial score (nSPS) is 14.7. The summed E-state index contributed by atoms with van der Waals surface area (Å²) in [5, 5.41) is 7.91. The van der Waals surface area contributed by atoms with Gasteiger partial charge in [0, 0.05) is 38.1 Å². The fourth-order valence-electron chi connectivity index (χ4n) is 2.85. The molecule has 0 spiro atoms. The van der Waals surface area contributed by atoms with Gasteiger partial charge in [-0.1, -0.05) is 12.1 Å². The number of anilines is 1. The SMILES string of the molecule is CN1CCN(C(=O)Nc2nc(CC(=O)NCCc3ccc(F)cc3)cs2)CC1. The highest BCUT2D eigenvalue weighted by Gasteiger charge is 2.20. The third kappa shape index (κ3) is 6.00. The monoisotopic (exact) mass is 405 g/mol.